The molecule has 0 atom stereocenters. The van der Waals surface area contributed by atoms with Gasteiger partial charge in [0.25, 0.3) is 0 Å². The number of nitrogens with one attached hydrogen (secondary N) is 1. The van der Waals surface area contributed by atoms with Crippen molar-refractivity contribution in [3.8, 4) is 11.5 Å². The second-order valence-corrected chi connectivity index (χ2v) is 6.70. The SMILES string of the molecule is CCc1nc(Nc2cc(OC)ccc2OC)c2c(C)c(C)sc2n1. The number of methoxy groups -OCH3 is 2. The first-order valence-electron chi connectivity index (χ1n) is 7.83. The van der Waals surface area contributed by atoms with E-state index >= 15 is 0 Å². The molecule has 0 saturated carbocycles. The third-order valence-corrected chi connectivity index (χ3v) is 5.15. The molecular formula is C18H21N3O2S. The van der Waals surface area contributed by atoms with Crippen LogP contribution in [-0.2, 0) is 6.42 Å². The summed E-state index contributed by atoms with van der Waals surface area (Å²) in [7, 11) is 3.30. The van der Waals surface area contributed by atoms with Crippen LogP contribution in [0.1, 0.15) is 23.2 Å². The average molecular weight is 343 g/mol. The topological polar surface area (TPSA) is 56.3 Å². The normalized spacial score (nSPS) is 10.9. The number of nitrogens with zero attached hydrogens (tertiary/aromatic N) is 2. The Balaban J connectivity index is 2.16. The van der Waals surface area contributed by atoms with Crippen LogP contribution < -0.4 is 14.8 Å². The Morgan fingerprint density at radius 1 is 1.12 bits per heavy atom. The number of aryl methyl sites for hydroxylation is 3. The fraction of sp³-hybridized carbons (Fsp3) is 0.333. The molecule has 0 radical (unpaired) electrons. The molecule has 0 spiro atoms. The van der Waals surface area contributed by atoms with Gasteiger partial charge < -0.3 is 14.8 Å². The highest BCUT2D eigenvalue weighted by atomic mass is 32.1. The van der Waals surface area contributed by atoms with Crippen LogP contribution in [-0.4, -0.2) is 24.2 Å². The molecule has 0 amide bonds. The zero-order valence-corrected chi connectivity index (χ0v) is 15.4. The van der Waals surface area contributed by atoms with Crippen molar-refractivity contribution in [1.29, 1.82) is 0 Å². The van der Waals surface area contributed by atoms with Crippen molar-refractivity contribution in [2.45, 2.75) is 27.2 Å². The lowest BCUT2D eigenvalue weighted by molar-refractivity contribution is 0.405. The second-order valence-electron chi connectivity index (χ2n) is 5.50. The summed E-state index contributed by atoms with van der Waals surface area (Å²) in [6.45, 7) is 6.28. The van der Waals surface area contributed by atoms with Gasteiger partial charge in [0.2, 0.25) is 0 Å². The van der Waals surface area contributed by atoms with Crippen LogP contribution in [0.25, 0.3) is 10.2 Å². The van der Waals surface area contributed by atoms with E-state index in [2.05, 4.69) is 31.1 Å². The molecule has 24 heavy (non-hydrogen) atoms. The number of hydrogen-bond acceptors (Lipinski definition) is 6. The highest BCUT2D eigenvalue weighted by molar-refractivity contribution is 7.18. The summed E-state index contributed by atoms with van der Waals surface area (Å²) in [4.78, 5) is 11.6. The van der Waals surface area contributed by atoms with E-state index in [0.29, 0.717) is 0 Å². The van der Waals surface area contributed by atoms with Crippen molar-refractivity contribution < 1.29 is 9.47 Å². The second kappa shape index (κ2) is 6.65. The van der Waals surface area contributed by atoms with E-state index in [1.165, 1.54) is 10.4 Å². The number of fused-ring (bicyclic) bond motifs is 1. The standard InChI is InChI=1S/C18H21N3O2S/c1-6-15-20-17(16-10(2)11(3)24-18(16)21-15)19-13-9-12(22-4)7-8-14(13)23-5/h7-9H,6H2,1-5H3,(H,19,20,21). The molecule has 1 N–H and O–H groups in total. The summed E-state index contributed by atoms with van der Waals surface area (Å²) < 4.78 is 10.8. The molecule has 1 aromatic carbocycles. The molecular weight excluding hydrogens is 322 g/mol. The Labute approximate surface area is 145 Å². The lowest BCUT2D eigenvalue weighted by Gasteiger charge is -2.13. The fourth-order valence-corrected chi connectivity index (χ4v) is 3.63. The molecule has 126 valence electrons. The largest absolute Gasteiger partial charge is 0.497 e. The molecule has 0 aliphatic rings. The minimum absolute atomic E-state index is 0.741. The van der Waals surface area contributed by atoms with E-state index in [1.807, 2.05) is 18.2 Å². The minimum Gasteiger partial charge on any atom is -0.497 e. The van der Waals surface area contributed by atoms with Gasteiger partial charge >= 0.3 is 0 Å². The number of thiophene rings is 1. The molecule has 3 aromatic rings. The predicted octanol–water partition coefficient (Wildman–Crippen LogP) is 4.63. The minimum atomic E-state index is 0.741. The van der Waals surface area contributed by atoms with E-state index in [0.717, 1.165) is 45.5 Å². The zero-order chi connectivity index (χ0) is 17.3. The van der Waals surface area contributed by atoms with Gasteiger partial charge in [-0.15, -0.1) is 11.3 Å². The van der Waals surface area contributed by atoms with Crippen LogP contribution in [0.2, 0.25) is 0 Å². The van der Waals surface area contributed by atoms with Crippen LogP contribution in [0.15, 0.2) is 18.2 Å². The maximum absolute atomic E-state index is 5.46. The quantitative estimate of drug-likeness (QED) is 0.732. The molecule has 0 bridgehead atoms. The number of anilines is 2. The zero-order valence-electron chi connectivity index (χ0n) is 14.6. The first-order chi connectivity index (χ1) is 11.6. The van der Waals surface area contributed by atoms with E-state index in [1.54, 1.807) is 25.6 Å². The lowest BCUT2D eigenvalue weighted by atomic mass is 10.2. The first-order valence-corrected chi connectivity index (χ1v) is 8.64. The Kier molecular flexibility index (Phi) is 4.57. The fourth-order valence-electron chi connectivity index (χ4n) is 2.58. The predicted molar refractivity (Wildman–Crippen MR) is 99.1 cm³/mol. The summed E-state index contributed by atoms with van der Waals surface area (Å²) in [5, 5.41) is 4.49. The number of hydrogen-bond donors (Lipinski definition) is 1. The molecule has 5 nitrogen and oxygen atoms in total. The average Bonchev–Trinajstić information content (AvgIpc) is 2.89. The summed E-state index contributed by atoms with van der Waals surface area (Å²) in [5.74, 6) is 3.14. The van der Waals surface area contributed by atoms with E-state index < -0.39 is 0 Å². The summed E-state index contributed by atoms with van der Waals surface area (Å²) in [5.41, 5.74) is 2.03. The Morgan fingerprint density at radius 2 is 1.92 bits per heavy atom. The Morgan fingerprint density at radius 3 is 2.58 bits per heavy atom. The molecule has 0 unspecified atom stereocenters. The number of benzene rings is 1. The van der Waals surface area contributed by atoms with Crippen molar-refractivity contribution in [2.75, 3.05) is 19.5 Å². The third-order valence-electron chi connectivity index (χ3n) is 4.05. The molecule has 3 rings (SSSR count). The van der Waals surface area contributed by atoms with Crippen LogP contribution in [0.4, 0.5) is 11.5 Å². The van der Waals surface area contributed by atoms with Gasteiger partial charge in [-0.2, -0.15) is 0 Å². The van der Waals surface area contributed by atoms with E-state index in [-0.39, 0.29) is 0 Å². The van der Waals surface area contributed by atoms with E-state index in [4.69, 9.17) is 14.5 Å². The van der Waals surface area contributed by atoms with Gasteiger partial charge in [0.15, 0.2) is 0 Å². The lowest BCUT2D eigenvalue weighted by Crippen LogP contribution is -2.02. The van der Waals surface area contributed by atoms with Gasteiger partial charge in [0.1, 0.15) is 28.0 Å². The molecule has 2 aromatic heterocycles. The Bertz CT molecular complexity index is 890. The maximum atomic E-state index is 5.46. The van der Waals surface area contributed by atoms with Gasteiger partial charge in [-0.3, -0.25) is 0 Å². The van der Waals surface area contributed by atoms with Crippen LogP contribution in [0, 0.1) is 13.8 Å². The number of ether oxygens (including phenoxy) is 2. The van der Waals surface area contributed by atoms with Crippen molar-refractivity contribution in [3.63, 3.8) is 0 Å². The molecule has 2 heterocycles. The molecule has 0 aliphatic carbocycles. The number of rotatable bonds is 5. The van der Waals surface area contributed by atoms with Gasteiger partial charge in [0.05, 0.1) is 25.3 Å². The van der Waals surface area contributed by atoms with E-state index in [9.17, 15) is 0 Å². The monoisotopic (exact) mass is 343 g/mol. The van der Waals surface area contributed by atoms with Gasteiger partial charge in [-0.05, 0) is 31.5 Å². The molecule has 6 heteroatoms. The maximum Gasteiger partial charge on any atom is 0.143 e. The summed E-state index contributed by atoms with van der Waals surface area (Å²) in [6, 6.07) is 5.66. The van der Waals surface area contributed by atoms with Crippen molar-refractivity contribution >= 4 is 33.1 Å². The molecule has 0 saturated heterocycles. The summed E-state index contributed by atoms with van der Waals surface area (Å²) in [6.07, 6.45) is 0.788. The first kappa shape index (κ1) is 16.5. The van der Waals surface area contributed by atoms with Gasteiger partial charge in [-0.25, -0.2) is 9.97 Å². The van der Waals surface area contributed by atoms with Gasteiger partial charge in [0, 0.05) is 17.4 Å². The smallest absolute Gasteiger partial charge is 0.143 e. The van der Waals surface area contributed by atoms with Crippen molar-refractivity contribution in [1.82, 2.24) is 9.97 Å². The highest BCUT2D eigenvalue weighted by Crippen LogP contribution is 2.37. The third kappa shape index (κ3) is 2.89. The Hall–Kier alpha value is -2.34. The van der Waals surface area contributed by atoms with Crippen LogP contribution in [0.5, 0.6) is 11.5 Å². The highest BCUT2D eigenvalue weighted by Gasteiger charge is 2.16. The molecule has 0 aliphatic heterocycles. The van der Waals surface area contributed by atoms with Crippen molar-refractivity contribution in [3.05, 3.63) is 34.5 Å². The van der Waals surface area contributed by atoms with Crippen LogP contribution >= 0.6 is 11.3 Å². The summed E-state index contributed by atoms with van der Waals surface area (Å²) >= 11 is 1.70. The van der Waals surface area contributed by atoms with Gasteiger partial charge in [-0.1, -0.05) is 6.92 Å². The van der Waals surface area contributed by atoms with Crippen molar-refractivity contribution in [2.24, 2.45) is 0 Å². The van der Waals surface area contributed by atoms with Crippen LogP contribution in [0.3, 0.4) is 0 Å². The molecule has 0 fully saturated rings. The number of aromatic nitrogens is 2.